The molecule has 122 valence electrons. The minimum atomic E-state index is -0.291. The number of amides is 1. The van der Waals surface area contributed by atoms with Crippen molar-refractivity contribution in [2.24, 2.45) is 0 Å². The number of nitrogens with one attached hydrogen (secondary N) is 1. The monoisotopic (exact) mass is 311 g/mol. The number of hydrogen-bond acceptors (Lipinski definition) is 3. The molecule has 1 aliphatic rings. The summed E-state index contributed by atoms with van der Waals surface area (Å²) < 4.78 is 0. The summed E-state index contributed by atoms with van der Waals surface area (Å²) in [6.07, 6.45) is 7.41. The molecule has 2 rings (SSSR count). The van der Waals surface area contributed by atoms with Crippen molar-refractivity contribution in [3.05, 3.63) is 35.4 Å². The minimum Gasteiger partial charge on any atom is -0.372 e. The van der Waals surface area contributed by atoms with Crippen LogP contribution in [-0.2, 0) is 4.79 Å². The van der Waals surface area contributed by atoms with Crippen LogP contribution in [0.3, 0.4) is 0 Å². The highest BCUT2D eigenvalue weighted by molar-refractivity contribution is 6.01. The molecule has 0 bridgehead atoms. The lowest BCUT2D eigenvalue weighted by Crippen LogP contribution is -2.29. The molecule has 0 radical (unpaired) electrons. The van der Waals surface area contributed by atoms with Crippen molar-refractivity contribution < 1.29 is 4.79 Å². The molecule has 0 atom stereocenters. The predicted octanol–water partition coefficient (Wildman–Crippen LogP) is 3.50. The molecule has 1 heterocycles. The Kier molecular flexibility index (Phi) is 6.68. The number of rotatable bonds is 6. The zero-order valence-corrected chi connectivity index (χ0v) is 13.8. The van der Waals surface area contributed by atoms with E-state index in [1.54, 1.807) is 6.08 Å². The van der Waals surface area contributed by atoms with Crippen LogP contribution >= 0.6 is 0 Å². The maximum atomic E-state index is 12.0. The molecule has 1 N–H and O–H groups in total. The van der Waals surface area contributed by atoms with Crippen molar-refractivity contribution in [1.29, 1.82) is 5.26 Å². The van der Waals surface area contributed by atoms with Crippen LogP contribution in [0, 0.1) is 11.3 Å². The molecule has 1 aliphatic heterocycles. The number of anilines is 1. The summed E-state index contributed by atoms with van der Waals surface area (Å²) in [5, 5.41) is 12.0. The number of benzene rings is 1. The number of piperidine rings is 1. The van der Waals surface area contributed by atoms with Gasteiger partial charge < -0.3 is 10.2 Å². The zero-order chi connectivity index (χ0) is 16.5. The van der Waals surface area contributed by atoms with Crippen molar-refractivity contribution in [1.82, 2.24) is 5.32 Å². The molecule has 0 aromatic heterocycles. The fourth-order valence-electron chi connectivity index (χ4n) is 2.72. The SMILES string of the molecule is CCCCNC(=O)/C(C#N)=C\c1ccc(N2CCCCC2)cc1. The van der Waals surface area contributed by atoms with Crippen molar-refractivity contribution in [2.45, 2.75) is 39.0 Å². The predicted molar refractivity (Wildman–Crippen MR) is 94.0 cm³/mol. The molecule has 4 nitrogen and oxygen atoms in total. The van der Waals surface area contributed by atoms with Gasteiger partial charge in [0.25, 0.3) is 5.91 Å². The first-order valence-corrected chi connectivity index (χ1v) is 8.49. The first-order chi connectivity index (χ1) is 11.2. The smallest absolute Gasteiger partial charge is 0.261 e. The first-order valence-electron chi connectivity index (χ1n) is 8.49. The second-order valence-corrected chi connectivity index (χ2v) is 5.92. The van der Waals surface area contributed by atoms with Gasteiger partial charge in [0.2, 0.25) is 0 Å². The number of carbonyl (C=O) groups excluding carboxylic acids is 1. The quantitative estimate of drug-likeness (QED) is 0.497. The van der Waals surface area contributed by atoms with Crippen molar-refractivity contribution >= 4 is 17.7 Å². The van der Waals surface area contributed by atoms with E-state index in [-0.39, 0.29) is 11.5 Å². The standard InChI is InChI=1S/C19H25N3O/c1-2-3-11-21-19(23)17(15-20)14-16-7-9-18(10-8-16)22-12-5-4-6-13-22/h7-10,14H,2-6,11-13H2,1H3,(H,21,23)/b17-14-. The fraction of sp³-hybridized carbons (Fsp3) is 0.474. The van der Waals surface area contributed by atoms with E-state index in [2.05, 4.69) is 29.3 Å². The summed E-state index contributed by atoms with van der Waals surface area (Å²) in [6.45, 7) is 4.90. The van der Waals surface area contributed by atoms with Crippen LogP contribution in [0.1, 0.15) is 44.6 Å². The largest absolute Gasteiger partial charge is 0.372 e. The lowest BCUT2D eigenvalue weighted by atomic mass is 10.1. The number of nitriles is 1. The molecule has 1 fully saturated rings. The first kappa shape index (κ1) is 17.1. The molecule has 1 aromatic rings. The van der Waals surface area contributed by atoms with Crippen LogP contribution in [0.5, 0.6) is 0 Å². The van der Waals surface area contributed by atoms with Crippen LogP contribution in [-0.4, -0.2) is 25.5 Å². The van der Waals surface area contributed by atoms with Gasteiger partial charge in [-0.2, -0.15) is 5.26 Å². The molecule has 0 spiro atoms. The molecule has 1 aromatic carbocycles. The van der Waals surface area contributed by atoms with Gasteiger partial charge in [0.15, 0.2) is 0 Å². The summed E-state index contributed by atoms with van der Waals surface area (Å²) in [4.78, 5) is 14.3. The molecular weight excluding hydrogens is 286 g/mol. The van der Waals surface area contributed by atoms with Crippen LogP contribution in [0.2, 0.25) is 0 Å². The Bertz CT molecular complexity index is 578. The Labute approximate surface area is 138 Å². The third-order valence-corrected chi connectivity index (χ3v) is 4.11. The van der Waals surface area contributed by atoms with Gasteiger partial charge in [-0.3, -0.25) is 4.79 Å². The molecule has 23 heavy (non-hydrogen) atoms. The second kappa shape index (κ2) is 8.99. The van der Waals surface area contributed by atoms with Crippen molar-refractivity contribution in [2.75, 3.05) is 24.5 Å². The zero-order valence-electron chi connectivity index (χ0n) is 13.8. The van der Waals surface area contributed by atoms with E-state index in [9.17, 15) is 10.1 Å². The van der Waals surface area contributed by atoms with E-state index in [0.717, 1.165) is 31.5 Å². The molecule has 0 saturated carbocycles. The lowest BCUT2D eigenvalue weighted by Gasteiger charge is -2.28. The summed E-state index contributed by atoms with van der Waals surface area (Å²) in [5.74, 6) is -0.291. The third-order valence-electron chi connectivity index (χ3n) is 4.11. The van der Waals surface area contributed by atoms with Gasteiger partial charge in [-0.25, -0.2) is 0 Å². The Morgan fingerprint density at radius 3 is 2.57 bits per heavy atom. The number of hydrogen-bond donors (Lipinski definition) is 1. The molecule has 1 saturated heterocycles. The molecular formula is C19H25N3O. The number of nitrogens with zero attached hydrogens (tertiary/aromatic N) is 2. The molecule has 4 heteroatoms. The van der Waals surface area contributed by atoms with Gasteiger partial charge in [0.1, 0.15) is 11.6 Å². The number of carbonyl (C=O) groups is 1. The van der Waals surface area contributed by atoms with Crippen LogP contribution in [0.4, 0.5) is 5.69 Å². The van der Waals surface area contributed by atoms with Gasteiger partial charge in [0.05, 0.1) is 0 Å². The van der Waals surface area contributed by atoms with Crippen LogP contribution in [0.15, 0.2) is 29.8 Å². The van der Waals surface area contributed by atoms with E-state index in [1.165, 1.54) is 24.9 Å². The summed E-state index contributed by atoms with van der Waals surface area (Å²) in [7, 11) is 0. The summed E-state index contributed by atoms with van der Waals surface area (Å²) >= 11 is 0. The Hall–Kier alpha value is -2.28. The highest BCUT2D eigenvalue weighted by Crippen LogP contribution is 2.21. The normalized spacial score (nSPS) is 15.1. The van der Waals surface area contributed by atoms with E-state index in [0.29, 0.717) is 6.54 Å². The topological polar surface area (TPSA) is 56.1 Å². The number of unbranched alkanes of at least 4 members (excludes halogenated alkanes) is 1. The second-order valence-electron chi connectivity index (χ2n) is 5.92. The Balaban J connectivity index is 2.02. The van der Waals surface area contributed by atoms with Gasteiger partial charge >= 0.3 is 0 Å². The fourth-order valence-corrected chi connectivity index (χ4v) is 2.72. The molecule has 0 unspecified atom stereocenters. The Morgan fingerprint density at radius 1 is 1.26 bits per heavy atom. The van der Waals surface area contributed by atoms with Crippen LogP contribution in [0.25, 0.3) is 6.08 Å². The molecule has 1 amide bonds. The maximum absolute atomic E-state index is 12.0. The third kappa shape index (κ3) is 5.14. The Morgan fingerprint density at radius 2 is 1.96 bits per heavy atom. The van der Waals surface area contributed by atoms with Crippen molar-refractivity contribution in [3.63, 3.8) is 0 Å². The maximum Gasteiger partial charge on any atom is 0.261 e. The minimum absolute atomic E-state index is 0.159. The van der Waals surface area contributed by atoms with Gasteiger partial charge in [0, 0.05) is 25.3 Å². The van der Waals surface area contributed by atoms with Gasteiger partial charge in [-0.1, -0.05) is 25.5 Å². The van der Waals surface area contributed by atoms with Gasteiger partial charge in [-0.15, -0.1) is 0 Å². The molecule has 0 aliphatic carbocycles. The average Bonchev–Trinajstić information content (AvgIpc) is 2.61. The summed E-state index contributed by atoms with van der Waals surface area (Å²) in [5.41, 5.74) is 2.26. The van der Waals surface area contributed by atoms with E-state index < -0.39 is 0 Å². The van der Waals surface area contributed by atoms with Gasteiger partial charge in [-0.05, 0) is 49.5 Å². The summed E-state index contributed by atoms with van der Waals surface area (Å²) in [6, 6.07) is 10.1. The average molecular weight is 311 g/mol. The lowest BCUT2D eigenvalue weighted by molar-refractivity contribution is -0.117. The van der Waals surface area contributed by atoms with E-state index >= 15 is 0 Å². The van der Waals surface area contributed by atoms with Crippen LogP contribution < -0.4 is 10.2 Å². The highest BCUT2D eigenvalue weighted by Gasteiger charge is 2.11. The van der Waals surface area contributed by atoms with E-state index in [1.807, 2.05) is 18.2 Å². The highest BCUT2D eigenvalue weighted by atomic mass is 16.1. The van der Waals surface area contributed by atoms with Crippen molar-refractivity contribution in [3.8, 4) is 6.07 Å². The van der Waals surface area contributed by atoms with E-state index in [4.69, 9.17) is 0 Å².